The van der Waals surface area contributed by atoms with E-state index >= 15 is 0 Å². The Morgan fingerprint density at radius 3 is 2.58 bits per heavy atom. The van der Waals surface area contributed by atoms with E-state index in [9.17, 15) is 4.39 Å². The van der Waals surface area contributed by atoms with Crippen LogP contribution in [0.2, 0.25) is 0 Å². The lowest BCUT2D eigenvalue weighted by molar-refractivity contribution is 0.625. The van der Waals surface area contributed by atoms with Gasteiger partial charge in [-0.15, -0.1) is 12.4 Å². The summed E-state index contributed by atoms with van der Waals surface area (Å²) in [7, 11) is 0. The van der Waals surface area contributed by atoms with Gasteiger partial charge >= 0.3 is 0 Å². The molecule has 0 amide bonds. The van der Waals surface area contributed by atoms with Crippen LogP contribution in [0, 0.1) is 5.82 Å². The molecule has 0 fully saturated rings. The Labute approximate surface area is 77.5 Å². The maximum absolute atomic E-state index is 12.8. The smallest absolute Gasteiger partial charge is 0.130 e. The van der Waals surface area contributed by atoms with Crippen molar-refractivity contribution in [3.05, 3.63) is 41.7 Å². The molecule has 0 aliphatic carbocycles. The Kier molecular flexibility index (Phi) is 5.34. The molecule has 2 N–H and O–H groups in total. The highest BCUT2D eigenvalue weighted by Crippen LogP contribution is 2.07. The van der Waals surface area contributed by atoms with Crippen molar-refractivity contribution in [3.63, 3.8) is 0 Å². The second-order valence-electron chi connectivity index (χ2n) is 2.16. The standard InChI is InChI=1S/C9H10FN.ClH/c10-9-6-2-1-4-8(9)5-3-7-11;/h1-6H,7,11H2;1H/b5-3+;. The molecule has 0 saturated heterocycles. The summed E-state index contributed by atoms with van der Waals surface area (Å²) in [6.07, 6.45) is 3.40. The van der Waals surface area contributed by atoms with Crippen molar-refractivity contribution < 1.29 is 4.39 Å². The first-order valence-electron chi connectivity index (χ1n) is 3.45. The maximum Gasteiger partial charge on any atom is 0.130 e. The molecule has 0 spiro atoms. The molecule has 0 heterocycles. The van der Waals surface area contributed by atoms with E-state index in [1.54, 1.807) is 30.4 Å². The monoisotopic (exact) mass is 187 g/mol. The molecule has 0 aliphatic heterocycles. The summed E-state index contributed by atoms with van der Waals surface area (Å²) in [6, 6.07) is 6.59. The van der Waals surface area contributed by atoms with Crippen molar-refractivity contribution in [2.45, 2.75) is 0 Å². The third-order valence-electron chi connectivity index (χ3n) is 1.34. The summed E-state index contributed by atoms with van der Waals surface area (Å²) < 4.78 is 12.8. The molecule has 0 saturated carbocycles. The van der Waals surface area contributed by atoms with Gasteiger partial charge in [-0.3, -0.25) is 0 Å². The molecule has 1 aromatic rings. The van der Waals surface area contributed by atoms with Crippen LogP contribution in [0.15, 0.2) is 30.3 Å². The summed E-state index contributed by atoms with van der Waals surface area (Å²) >= 11 is 0. The van der Waals surface area contributed by atoms with E-state index in [2.05, 4.69) is 0 Å². The van der Waals surface area contributed by atoms with Gasteiger partial charge in [-0.2, -0.15) is 0 Å². The molecule has 0 aliphatic rings. The summed E-state index contributed by atoms with van der Waals surface area (Å²) in [5.41, 5.74) is 5.80. The largest absolute Gasteiger partial charge is 0.327 e. The zero-order valence-corrected chi connectivity index (χ0v) is 7.35. The lowest BCUT2D eigenvalue weighted by Gasteiger charge is -1.93. The molecular weight excluding hydrogens is 177 g/mol. The van der Waals surface area contributed by atoms with Gasteiger partial charge in [0.15, 0.2) is 0 Å². The zero-order valence-electron chi connectivity index (χ0n) is 6.53. The van der Waals surface area contributed by atoms with Crippen molar-refractivity contribution >= 4 is 18.5 Å². The molecule has 0 bridgehead atoms. The fraction of sp³-hybridized carbons (Fsp3) is 0.111. The average molecular weight is 188 g/mol. The molecule has 0 radical (unpaired) electrons. The van der Waals surface area contributed by atoms with E-state index in [-0.39, 0.29) is 18.2 Å². The first-order chi connectivity index (χ1) is 5.34. The van der Waals surface area contributed by atoms with Gasteiger partial charge in [0.25, 0.3) is 0 Å². The zero-order chi connectivity index (χ0) is 8.10. The highest BCUT2D eigenvalue weighted by Gasteiger charge is 1.92. The normalized spacial score (nSPS) is 9.83. The lowest BCUT2D eigenvalue weighted by atomic mass is 10.2. The maximum atomic E-state index is 12.8. The molecular formula is C9H11ClFN. The summed E-state index contributed by atoms with van der Waals surface area (Å²) in [6.45, 7) is 0.439. The van der Waals surface area contributed by atoms with E-state index < -0.39 is 0 Å². The van der Waals surface area contributed by atoms with Gasteiger partial charge in [-0.1, -0.05) is 30.4 Å². The number of nitrogens with two attached hydrogens (primary N) is 1. The third-order valence-corrected chi connectivity index (χ3v) is 1.34. The van der Waals surface area contributed by atoms with Crippen LogP contribution >= 0.6 is 12.4 Å². The Morgan fingerprint density at radius 2 is 2.00 bits per heavy atom. The van der Waals surface area contributed by atoms with Gasteiger partial charge in [-0.05, 0) is 6.07 Å². The van der Waals surface area contributed by atoms with Crippen LogP contribution in [0.25, 0.3) is 6.08 Å². The summed E-state index contributed by atoms with van der Waals surface area (Å²) in [5, 5.41) is 0. The van der Waals surface area contributed by atoms with Crippen LogP contribution in [0.1, 0.15) is 5.56 Å². The molecule has 1 nitrogen and oxygen atoms in total. The van der Waals surface area contributed by atoms with Crippen molar-refractivity contribution in [3.8, 4) is 0 Å². The van der Waals surface area contributed by atoms with Crippen LogP contribution in [0.3, 0.4) is 0 Å². The van der Waals surface area contributed by atoms with E-state index in [1.807, 2.05) is 0 Å². The van der Waals surface area contributed by atoms with Crippen LogP contribution in [-0.2, 0) is 0 Å². The Hall–Kier alpha value is -0.860. The van der Waals surface area contributed by atoms with Gasteiger partial charge in [0, 0.05) is 12.1 Å². The number of rotatable bonds is 2. The van der Waals surface area contributed by atoms with Crippen LogP contribution in [0.4, 0.5) is 4.39 Å². The Balaban J connectivity index is 0.00000121. The molecule has 0 aromatic heterocycles. The minimum absolute atomic E-state index is 0. The fourth-order valence-corrected chi connectivity index (χ4v) is 0.805. The first kappa shape index (κ1) is 11.1. The number of halogens is 2. The number of hydrogen-bond donors (Lipinski definition) is 1. The fourth-order valence-electron chi connectivity index (χ4n) is 0.805. The minimum Gasteiger partial charge on any atom is -0.327 e. The van der Waals surface area contributed by atoms with Gasteiger partial charge in [-0.25, -0.2) is 4.39 Å². The molecule has 66 valence electrons. The molecule has 12 heavy (non-hydrogen) atoms. The van der Waals surface area contributed by atoms with Gasteiger partial charge < -0.3 is 5.73 Å². The number of hydrogen-bond acceptors (Lipinski definition) is 1. The Morgan fingerprint density at radius 1 is 1.33 bits per heavy atom. The summed E-state index contributed by atoms with van der Waals surface area (Å²) in [5.74, 6) is -0.211. The number of benzene rings is 1. The molecule has 3 heteroatoms. The minimum atomic E-state index is -0.211. The second kappa shape index (κ2) is 5.75. The van der Waals surface area contributed by atoms with Gasteiger partial charge in [0.05, 0.1) is 0 Å². The predicted octanol–water partition coefficient (Wildman–Crippen LogP) is 2.22. The van der Waals surface area contributed by atoms with Gasteiger partial charge in [0.2, 0.25) is 0 Å². The van der Waals surface area contributed by atoms with Crippen molar-refractivity contribution in [2.24, 2.45) is 5.73 Å². The van der Waals surface area contributed by atoms with E-state index in [0.29, 0.717) is 12.1 Å². The highest BCUT2D eigenvalue weighted by atomic mass is 35.5. The van der Waals surface area contributed by atoms with Crippen LogP contribution < -0.4 is 5.73 Å². The first-order valence-corrected chi connectivity index (χ1v) is 3.45. The Bertz CT molecular complexity index is 260. The SMILES string of the molecule is Cl.NC/C=C/c1ccccc1F. The third kappa shape index (κ3) is 3.03. The van der Waals surface area contributed by atoms with E-state index in [1.165, 1.54) is 6.07 Å². The van der Waals surface area contributed by atoms with Crippen LogP contribution in [-0.4, -0.2) is 6.54 Å². The molecule has 0 atom stereocenters. The lowest BCUT2D eigenvalue weighted by Crippen LogP contribution is -1.92. The van der Waals surface area contributed by atoms with E-state index in [4.69, 9.17) is 5.73 Å². The predicted molar refractivity (Wildman–Crippen MR) is 51.7 cm³/mol. The van der Waals surface area contributed by atoms with E-state index in [0.717, 1.165) is 0 Å². The van der Waals surface area contributed by atoms with Crippen molar-refractivity contribution in [1.82, 2.24) is 0 Å². The topological polar surface area (TPSA) is 26.0 Å². The molecule has 1 rings (SSSR count). The van der Waals surface area contributed by atoms with Gasteiger partial charge in [0.1, 0.15) is 5.82 Å². The highest BCUT2D eigenvalue weighted by molar-refractivity contribution is 5.85. The molecule has 1 aromatic carbocycles. The quantitative estimate of drug-likeness (QED) is 0.755. The average Bonchev–Trinajstić information content (AvgIpc) is 2.03. The van der Waals surface area contributed by atoms with Crippen LogP contribution in [0.5, 0.6) is 0 Å². The van der Waals surface area contributed by atoms with Crippen molar-refractivity contribution in [2.75, 3.05) is 6.54 Å². The van der Waals surface area contributed by atoms with Crippen molar-refractivity contribution in [1.29, 1.82) is 0 Å². The summed E-state index contributed by atoms with van der Waals surface area (Å²) in [4.78, 5) is 0. The second-order valence-corrected chi connectivity index (χ2v) is 2.16. The molecule has 0 unspecified atom stereocenters.